The van der Waals surface area contributed by atoms with Crippen molar-refractivity contribution in [3.8, 4) is 0 Å². The molecule has 0 spiro atoms. The van der Waals surface area contributed by atoms with E-state index >= 15 is 0 Å². The lowest BCUT2D eigenvalue weighted by molar-refractivity contribution is -0.117. The molecule has 2 heterocycles. The number of nitrogens with one attached hydrogen (secondary N) is 1. The molecule has 7 nitrogen and oxygen atoms in total. The molecule has 0 fully saturated rings. The molecule has 7 heteroatoms. The van der Waals surface area contributed by atoms with Gasteiger partial charge in [0, 0.05) is 32.0 Å². The number of carbonyl (C=O) groups is 2. The molecule has 132 valence electrons. The van der Waals surface area contributed by atoms with Crippen LogP contribution in [0.15, 0.2) is 28.8 Å². The van der Waals surface area contributed by atoms with Crippen LogP contribution in [0.5, 0.6) is 0 Å². The SMILES string of the molecule is COCCC(=O)Nc1ccc2c(c1)CN(C(=O)c1cc(C)on1)CC2. The number of ether oxygens (including phenoxy) is 1. The largest absolute Gasteiger partial charge is 0.384 e. The maximum Gasteiger partial charge on any atom is 0.276 e. The van der Waals surface area contributed by atoms with E-state index in [2.05, 4.69) is 10.5 Å². The summed E-state index contributed by atoms with van der Waals surface area (Å²) in [7, 11) is 1.56. The average Bonchev–Trinajstić information content (AvgIpc) is 3.05. The van der Waals surface area contributed by atoms with Gasteiger partial charge in [0.2, 0.25) is 5.91 Å². The summed E-state index contributed by atoms with van der Waals surface area (Å²) in [4.78, 5) is 26.1. The molecule has 25 heavy (non-hydrogen) atoms. The van der Waals surface area contributed by atoms with Gasteiger partial charge >= 0.3 is 0 Å². The first-order valence-corrected chi connectivity index (χ1v) is 8.20. The monoisotopic (exact) mass is 343 g/mol. The zero-order chi connectivity index (χ0) is 17.8. The Morgan fingerprint density at radius 1 is 1.32 bits per heavy atom. The minimum Gasteiger partial charge on any atom is -0.384 e. The highest BCUT2D eigenvalue weighted by Gasteiger charge is 2.24. The van der Waals surface area contributed by atoms with Crippen LogP contribution >= 0.6 is 0 Å². The van der Waals surface area contributed by atoms with E-state index in [4.69, 9.17) is 9.26 Å². The predicted molar refractivity (Wildman–Crippen MR) is 91.2 cm³/mol. The van der Waals surface area contributed by atoms with E-state index in [9.17, 15) is 9.59 Å². The highest BCUT2D eigenvalue weighted by Crippen LogP contribution is 2.24. The van der Waals surface area contributed by atoms with Gasteiger partial charge in [-0.2, -0.15) is 0 Å². The molecule has 0 aliphatic carbocycles. The number of amides is 2. The van der Waals surface area contributed by atoms with Gasteiger partial charge in [-0.15, -0.1) is 0 Å². The summed E-state index contributed by atoms with van der Waals surface area (Å²) in [6.07, 6.45) is 1.08. The molecule has 1 aromatic carbocycles. The van der Waals surface area contributed by atoms with Crippen molar-refractivity contribution in [2.24, 2.45) is 0 Å². The van der Waals surface area contributed by atoms with Crippen molar-refractivity contribution in [1.29, 1.82) is 0 Å². The van der Waals surface area contributed by atoms with Crippen LogP contribution in [0, 0.1) is 6.92 Å². The van der Waals surface area contributed by atoms with Crippen molar-refractivity contribution in [3.63, 3.8) is 0 Å². The smallest absolute Gasteiger partial charge is 0.276 e. The number of fused-ring (bicyclic) bond motifs is 1. The Kier molecular flexibility index (Phi) is 5.14. The lowest BCUT2D eigenvalue weighted by atomic mass is 9.98. The molecule has 0 radical (unpaired) electrons. The zero-order valence-electron chi connectivity index (χ0n) is 14.4. The third-order valence-electron chi connectivity index (χ3n) is 4.17. The fourth-order valence-corrected chi connectivity index (χ4v) is 2.86. The van der Waals surface area contributed by atoms with Crippen LogP contribution in [0.25, 0.3) is 0 Å². The topological polar surface area (TPSA) is 84.7 Å². The summed E-state index contributed by atoms with van der Waals surface area (Å²) < 4.78 is 9.89. The molecule has 1 aliphatic heterocycles. The molecular formula is C18H21N3O4. The molecule has 0 atom stereocenters. The van der Waals surface area contributed by atoms with Crippen LogP contribution in [0.2, 0.25) is 0 Å². The number of hydrogen-bond acceptors (Lipinski definition) is 5. The second kappa shape index (κ2) is 7.48. The van der Waals surface area contributed by atoms with Crippen molar-refractivity contribution >= 4 is 17.5 Å². The van der Waals surface area contributed by atoms with Crippen LogP contribution in [0.1, 0.15) is 33.8 Å². The Hall–Kier alpha value is -2.67. The molecule has 2 amide bonds. The van der Waals surface area contributed by atoms with Crippen LogP contribution in [0.3, 0.4) is 0 Å². The number of methoxy groups -OCH3 is 1. The van der Waals surface area contributed by atoms with E-state index in [1.165, 1.54) is 5.56 Å². The maximum absolute atomic E-state index is 12.5. The average molecular weight is 343 g/mol. The molecule has 0 bridgehead atoms. The third-order valence-corrected chi connectivity index (χ3v) is 4.17. The number of aryl methyl sites for hydroxylation is 1. The summed E-state index contributed by atoms with van der Waals surface area (Å²) >= 11 is 0. The number of carbonyl (C=O) groups excluding carboxylic acids is 2. The first kappa shape index (κ1) is 17.2. The second-order valence-corrected chi connectivity index (χ2v) is 6.07. The Bertz CT molecular complexity index is 784. The van der Waals surface area contributed by atoms with E-state index in [1.54, 1.807) is 25.0 Å². The fraction of sp³-hybridized carbons (Fsp3) is 0.389. The maximum atomic E-state index is 12.5. The van der Waals surface area contributed by atoms with Crippen molar-refractivity contribution in [2.75, 3.05) is 25.6 Å². The minimum atomic E-state index is -0.142. The van der Waals surface area contributed by atoms with Crippen LogP contribution in [0.4, 0.5) is 5.69 Å². The number of aromatic nitrogens is 1. The minimum absolute atomic E-state index is 0.0939. The van der Waals surface area contributed by atoms with Crippen molar-refractivity contribution < 1.29 is 18.8 Å². The number of nitrogens with zero attached hydrogens (tertiary/aromatic N) is 2. The molecule has 1 aliphatic rings. The van der Waals surface area contributed by atoms with Gasteiger partial charge < -0.3 is 19.5 Å². The van der Waals surface area contributed by atoms with Crippen LogP contribution in [-0.4, -0.2) is 42.1 Å². The molecule has 0 saturated carbocycles. The van der Waals surface area contributed by atoms with Gasteiger partial charge in [-0.05, 0) is 36.6 Å². The van der Waals surface area contributed by atoms with Gasteiger partial charge in [0.05, 0.1) is 13.0 Å². The van der Waals surface area contributed by atoms with E-state index in [0.29, 0.717) is 37.6 Å². The first-order chi connectivity index (χ1) is 12.1. The predicted octanol–water partition coefficient (Wildman–Crippen LogP) is 2.16. The summed E-state index contributed by atoms with van der Waals surface area (Å²) in [6.45, 7) is 3.27. The lowest BCUT2D eigenvalue weighted by Crippen LogP contribution is -2.36. The van der Waals surface area contributed by atoms with Crippen molar-refractivity contribution in [3.05, 3.63) is 46.8 Å². The third kappa shape index (κ3) is 4.06. The Labute approximate surface area is 145 Å². The molecule has 0 saturated heterocycles. The van der Waals surface area contributed by atoms with E-state index < -0.39 is 0 Å². The Morgan fingerprint density at radius 2 is 2.16 bits per heavy atom. The fourth-order valence-electron chi connectivity index (χ4n) is 2.86. The van der Waals surface area contributed by atoms with Crippen LogP contribution in [-0.2, 0) is 22.5 Å². The quantitative estimate of drug-likeness (QED) is 0.899. The Balaban J connectivity index is 1.70. The highest BCUT2D eigenvalue weighted by atomic mass is 16.5. The number of hydrogen-bond donors (Lipinski definition) is 1. The number of anilines is 1. The molecule has 0 unspecified atom stereocenters. The highest BCUT2D eigenvalue weighted by molar-refractivity contribution is 5.93. The molecule has 3 rings (SSSR count). The number of benzene rings is 1. The zero-order valence-corrected chi connectivity index (χ0v) is 14.4. The van der Waals surface area contributed by atoms with Gasteiger partial charge in [-0.1, -0.05) is 11.2 Å². The summed E-state index contributed by atoms with van der Waals surface area (Å²) in [5, 5.41) is 6.65. The van der Waals surface area contributed by atoms with Gasteiger partial charge in [0.15, 0.2) is 5.69 Å². The van der Waals surface area contributed by atoms with Gasteiger partial charge in [-0.3, -0.25) is 9.59 Å². The summed E-state index contributed by atoms with van der Waals surface area (Å²) in [6, 6.07) is 7.46. The normalized spacial score (nSPS) is 13.4. The first-order valence-electron chi connectivity index (χ1n) is 8.20. The second-order valence-electron chi connectivity index (χ2n) is 6.07. The molecule has 1 N–H and O–H groups in total. The number of rotatable bonds is 5. The lowest BCUT2D eigenvalue weighted by Gasteiger charge is -2.28. The van der Waals surface area contributed by atoms with Crippen molar-refractivity contribution in [1.82, 2.24) is 10.1 Å². The van der Waals surface area contributed by atoms with Crippen LogP contribution < -0.4 is 5.32 Å². The molecule has 1 aromatic heterocycles. The van der Waals surface area contributed by atoms with Gasteiger partial charge in [0.25, 0.3) is 5.91 Å². The van der Waals surface area contributed by atoms with Gasteiger partial charge in [0.1, 0.15) is 5.76 Å². The van der Waals surface area contributed by atoms with E-state index in [0.717, 1.165) is 17.7 Å². The molecular weight excluding hydrogens is 322 g/mol. The van der Waals surface area contributed by atoms with E-state index in [-0.39, 0.29) is 11.8 Å². The Morgan fingerprint density at radius 3 is 2.88 bits per heavy atom. The summed E-state index contributed by atoms with van der Waals surface area (Å²) in [5.41, 5.74) is 3.27. The molecule has 2 aromatic rings. The van der Waals surface area contributed by atoms with Crippen molar-refractivity contribution in [2.45, 2.75) is 26.3 Å². The van der Waals surface area contributed by atoms with E-state index in [1.807, 2.05) is 18.2 Å². The van der Waals surface area contributed by atoms with Gasteiger partial charge in [-0.25, -0.2) is 0 Å². The standard InChI is InChI=1S/C18H21N3O4/c1-12-9-16(20-25-12)18(23)21-7-5-13-3-4-15(10-14(13)11-21)19-17(22)6-8-24-2/h3-4,9-10H,5-8,11H2,1-2H3,(H,19,22). The summed E-state index contributed by atoms with van der Waals surface area (Å²) in [5.74, 6) is 0.377.